The topological polar surface area (TPSA) is 106 Å². The Morgan fingerprint density at radius 2 is 1.34 bits per heavy atom. The zero-order valence-corrected chi connectivity index (χ0v) is 19.7. The van der Waals surface area contributed by atoms with Crippen LogP contribution in [0, 0.1) is 5.41 Å². The number of carbonyl (C=O) groups excluding carboxylic acids is 3. The van der Waals surface area contributed by atoms with Crippen LogP contribution in [0.25, 0.3) is 0 Å². The number of hydrogen-bond acceptors (Lipinski definition) is 3. The van der Waals surface area contributed by atoms with Crippen LogP contribution >= 0.6 is 0 Å². The Balaban J connectivity index is 0. The van der Waals surface area contributed by atoms with Crippen molar-refractivity contribution in [2.75, 3.05) is 19.6 Å². The molecule has 8 heteroatoms. The summed E-state index contributed by atoms with van der Waals surface area (Å²) in [5, 5.41) is 3.89. The second-order valence-corrected chi connectivity index (χ2v) is 8.45. The van der Waals surface area contributed by atoms with E-state index in [2.05, 4.69) is 23.4 Å². The zero-order valence-electron chi connectivity index (χ0n) is 18.9. The van der Waals surface area contributed by atoms with Gasteiger partial charge in [0.25, 0.3) is 5.91 Å². The highest BCUT2D eigenvalue weighted by molar-refractivity contribution is 5.88. The van der Waals surface area contributed by atoms with Gasteiger partial charge in [0, 0.05) is 12.0 Å². The molecule has 0 aliphatic carbocycles. The molecule has 0 saturated carbocycles. The van der Waals surface area contributed by atoms with Crippen LogP contribution in [0.2, 0.25) is 0 Å². The Morgan fingerprint density at radius 1 is 0.862 bits per heavy atom. The number of hydrazine groups is 1. The van der Waals surface area contributed by atoms with E-state index in [-0.39, 0.29) is 43.2 Å². The Morgan fingerprint density at radius 3 is 1.79 bits per heavy atom. The molecule has 29 heavy (non-hydrogen) atoms. The van der Waals surface area contributed by atoms with Gasteiger partial charge in [-0.2, -0.15) is 0 Å². The highest BCUT2D eigenvalue weighted by atomic mass is 35.5. The van der Waals surface area contributed by atoms with Crippen LogP contribution < -0.4 is 28.9 Å². The van der Waals surface area contributed by atoms with Gasteiger partial charge in [0.05, 0.1) is 0 Å². The zero-order chi connectivity index (χ0) is 21.4. The summed E-state index contributed by atoms with van der Waals surface area (Å²) < 4.78 is 0. The normalized spacial score (nSPS) is 10.8. The molecule has 0 unspecified atom stereocenters. The van der Waals surface area contributed by atoms with Crippen LogP contribution in [0.1, 0.15) is 91.9 Å². The monoisotopic (exact) mass is 434 g/mol. The molecule has 0 aromatic heterocycles. The molecule has 0 aliphatic rings. The fraction of sp³-hybridized carbons (Fsp3) is 0.857. The Bertz CT molecular complexity index is 467. The molecule has 0 saturated heterocycles. The summed E-state index contributed by atoms with van der Waals surface area (Å²) in [5.74, 6) is -0.963. The van der Waals surface area contributed by atoms with E-state index in [0.29, 0.717) is 6.54 Å². The molecule has 0 atom stereocenters. The van der Waals surface area contributed by atoms with Crippen molar-refractivity contribution >= 4 is 17.7 Å². The molecule has 3 amide bonds. The number of unbranched alkanes of at least 4 members (excludes halogenated alkanes) is 9. The Labute approximate surface area is 183 Å². The molecule has 0 heterocycles. The summed E-state index contributed by atoms with van der Waals surface area (Å²) in [5.41, 5.74) is 5.42. The van der Waals surface area contributed by atoms with E-state index in [4.69, 9.17) is 0 Å². The maximum atomic E-state index is 12.1. The predicted octanol–water partition coefficient (Wildman–Crippen LogP) is -0.825. The molecule has 7 nitrogen and oxygen atoms in total. The lowest BCUT2D eigenvalue weighted by molar-refractivity contribution is -0.357. The van der Waals surface area contributed by atoms with Gasteiger partial charge < -0.3 is 23.5 Å². The fourth-order valence-electron chi connectivity index (χ4n) is 2.66. The molecule has 0 aromatic carbocycles. The smallest absolute Gasteiger partial charge is 0.296 e. The van der Waals surface area contributed by atoms with Crippen molar-refractivity contribution in [1.82, 2.24) is 15.8 Å². The number of quaternary nitrogens is 1. The van der Waals surface area contributed by atoms with Gasteiger partial charge in [0.15, 0.2) is 6.54 Å². The summed E-state index contributed by atoms with van der Waals surface area (Å²) in [7, 11) is 0. The average Bonchev–Trinajstić information content (AvgIpc) is 2.64. The summed E-state index contributed by atoms with van der Waals surface area (Å²) in [6.45, 7) is 7.87. The molecule has 0 spiro atoms. The minimum Gasteiger partial charge on any atom is -1.00 e. The first-order valence-corrected chi connectivity index (χ1v) is 10.9. The highest BCUT2D eigenvalue weighted by Gasteiger charge is 2.26. The predicted molar refractivity (Wildman–Crippen MR) is 112 cm³/mol. The van der Waals surface area contributed by atoms with Crippen molar-refractivity contribution in [3.63, 3.8) is 0 Å². The summed E-state index contributed by atoms with van der Waals surface area (Å²) in [6.07, 6.45) is 12.4. The van der Waals surface area contributed by atoms with Crippen molar-refractivity contribution in [3.8, 4) is 0 Å². The molecular formula is C21H43ClN4O3. The molecule has 0 aromatic rings. The minimum atomic E-state index is -0.647. The number of hydrogen-bond donors (Lipinski definition) is 3. The molecule has 0 radical (unpaired) electrons. The molecule has 172 valence electrons. The lowest BCUT2D eigenvalue weighted by Gasteiger charge is -2.26. The van der Waals surface area contributed by atoms with Crippen LogP contribution in [0.15, 0.2) is 0 Å². The van der Waals surface area contributed by atoms with Crippen molar-refractivity contribution < 1.29 is 32.5 Å². The third kappa shape index (κ3) is 16.2. The second kappa shape index (κ2) is 17.5. The van der Waals surface area contributed by atoms with E-state index >= 15 is 0 Å². The standard InChI is InChI=1S/C21H42N4O3.ClH/c1-5-6-7-8-9-10-11-12-13-14-15-23-18(26)17-25(19(27)16-22)24-20(28)21(2,3)4;/h5-17,22H2,1-4H3,(H,23,26)(H,24,28);1H. The van der Waals surface area contributed by atoms with Crippen LogP contribution in [0.3, 0.4) is 0 Å². The quantitative estimate of drug-likeness (QED) is 0.245. The van der Waals surface area contributed by atoms with E-state index in [1.54, 1.807) is 20.8 Å². The van der Waals surface area contributed by atoms with Crippen LogP contribution in [0.5, 0.6) is 0 Å². The third-order valence-corrected chi connectivity index (χ3v) is 4.59. The fourth-order valence-corrected chi connectivity index (χ4v) is 2.66. The van der Waals surface area contributed by atoms with Gasteiger partial charge in [-0.3, -0.25) is 19.8 Å². The van der Waals surface area contributed by atoms with Crippen molar-refractivity contribution in [2.45, 2.75) is 91.9 Å². The second-order valence-electron chi connectivity index (χ2n) is 8.45. The molecule has 0 bridgehead atoms. The third-order valence-electron chi connectivity index (χ3n) is 4.59. The van der Waals surface area contributed by atoms with E-state index in [1.807, 2.05) is 0 Å². The van der Waals surface area contributed by atoms with Gasteiger partial charge in [0.2, 0.25) is 11.8 Å². The highest BCUT2D eigenvalue weighted by Crippen LogP contribution is 2.13. The number of carbonyl (C=O) groups is 3. The maximum absolute atomic E-state index is 12.1. The van der Waals surface area contributed by atoms with Gasteiger partial charge in [-0.05, 0) is 6.42 Å². The minimum absolute atomic E-state index is 0. The first-order valence-electron chi connectivity index (χ1n) is 10.9. The molecule has 0 fully saturated rings. The van der Waals surface area contributed by atoms with Gasteiger partial charge in [-0.15, -0.1) is 0 Å². The van der Waals surface area contributed by atoms with Gasteiger partial charge in [0.1, 0.15) is 6.54 Å². The average molecular weight is 435 g/mol. The first kappa shape index (κ1) is 29.9. The summed E-state index contributed by atoms with van der Waals surface area (Å²) in [6, 6.07) is 0. The van der Waals surface area contributed by atoms with E-state index in [9.17, 15) is 14.4 Å². The van der Waals surface area contributed by atoms with Crippen LogP contribution in [-0.4, -0.2) is 42.4 Å². The van der Waals surface area contributed by atoms with Gasteiger partial charge >= 0.3 is 0 Å². The van der Waals surface area contributed by atoms with Crippen LogP contribution in [0.4, 0.5) is 0 Å². The summed E-state index contributed by atoms with van der Waals surface area (Å²) in [4.78, 5) is 36.1. The molecule has 0 aliphatic heterocycles. The maximum Gasteiger partial charge on any atom is 0.296 e. The van der Waals surface area contributed by atoms with Crippen LogP contribution in [-0.2, 0) is 14.4 Å². The molecular weight excluding hydrogens is 392 g/mol. The largest absolute Gasteiger partial charge is 1.00 e. The Kier molecular flexibility index (Phi) is 18.0. The first-order chi connectivity index (χ1) is 13.2. The molecule has 5 N–H and O–H groups in total. The van der Waals surface area contributed by atoms with E-state index in [1.165, 1.54) is 51.4 Å². The van der Waals surface area contributed by atoms with E-state index < -0.39 is 5.41 Å². The molecule has 0 rings (SSSR count). The summed E-state index contributed by atoms with van der Waals surface area (Å²) >= 11 is 0. The van der Waals surface area contributed by atoms with Crippen molar-refractivity contribution in [1.29, 1.82) is 0 Å². The van der Waals surface area contributed by atoms with Gasteiger partial charge in [-0.1, -0.05) is 85.5 Å². The lowest BCUT2D eigenvalue weighted by Crippen LogP contribution is -3.00. The van der Waals surface area contributed by atoms with Crippen molar-refractivity contribution in [2.24, 2.45) is 5.41 Å². The van der Waals surface area contributed by atoms with Crippen molar-refractivity contribution in [3.05, 3.63) is 0 Å². The lowest BCUT2D eigenvalue weighted by atomic mass is 9.96. The number of halogens is 1. The van der Waals surface area contributed by atoms with Gasteiger partial charge in [-0.25, -0.2) is 5.01 Å². The number of nitrogens with one attached hydrogen (secondary N) is 2. The number of amides is 3. The number of rotatable bonds is 14. The Hall–Kier alpha value is -1.34. The SMILES string of the molecule is CCCCCCCCCCCCNC(=O)CN(NC(=O)C(C)(C)C)C(=O)C[NH3+].[Cl-]. The number of nitrogens with zero attached hydrogens (tertiary/aromatic N) is 1. The van der Waals surface area contributed by atoms with E-state index in [0.717, 1.165) is 17.9 Å².